The lowest BCUT2D eigenvalue weighted by molar-refractivity contribution is -0.109. The Hall–Kier alpha value is -1.25. The molecule has 1 rings (SSSR count). The molecule has 0 aliphatic carbocycles. The summed E-state index contributed by atoms with van der Waals surface area (Å²) >= 11 is 6.93. The minimum Gasteiger partial charge on any atom is -0.381 e. The Labute approximate surface area is 103 Å². The van der Waals surface area contributed by atoms with Crippen molar-refractivity contribution in [2.24, 2.45) is 0 Å². The van der Waals surface area contributed by atoms with E-state index in [1.165, 1.54) is 24.9 Å². The van der Waals surface area contributed by atoms with E-state index in [1.807, 2.05) is 0 Å². The number of halogens is 1. The summed E-state index contributed by atoms with van der Waals surface area (Å²) in [7, 11) is 0. The van der Waals surface area contributed by atoms with Crippen LogP contribution in [0, 0.1) is 11.8 Å². The van der Waals surface area contributed by atoms with Crippen molar-refractivity contribution in [2.75, 3.05) is 11.5 Å². The molecule has 0 saturated carbocycles. The zero-order chi connectivity index (χ0) is 12.0. The van der Waals surface area contributed by atoms with Crippen LogP contribution in [0.15, 0.2) is 6.20 Å². The minimum absolute atomic E-state index is 0.0946. The van der Waals surface area contributed by atoms with E-state index in [2.05, 4.69) is 21.8 Å². The molecule has 16 heavy (non-hydrogen) atoms. The fourth-order valence-electron chi connectivity index (χ4n) is 0.835. The number of nitrogen functional groups attached to an aromatic ring is 1. The number of nitrogens with zero attached hydrogens (tertiary/aromatic N) is 2. The SMILES string of the molecule is CC(=O)SCCC#Cc1cnc(N)c(Cl)n1. The molecule has 0 aromatic carbocycles. The maximum Gasteiger partial charge on any atom is 0.185 e. The molecule has 2 N–H and O–H groups in total. The second-order valence-electron chi connectivity index (χ2n) is 2.82. The van der Waals surface area contributed by atoms with E-state index in [0.717, 1.165) is 0 Å². The van der Waals surface area contributed by atoms with Crippen molar-refractivity contribution >= 4 is 34.3 Å². The van der Waals surface area contributed by atoms with Crippen LogP contribution in [-0.4, -0.2) is 20.8 Å². The van der Waals surface area contributed by atoms with E-state index < -0.39 is 0 Å². The van der Waals surface area contributed by atoms with Gasteiger partial charge < -0.3 is 5.73 Å². The van der Waals surface area contributed by atoms with Crippen molar-refractivity contribution in [1.82, 2.24) is 9.97 Å². The summed E-state index contributed by atoms with van der Waals surface area (Å²) in [6.45, 7) is 1.53. The molecular weight excluding hydrogens is 246 g/mol. The molecule has 6 heteroatoms. The molecular formula is C10H10ClN3OS. The maximum absolute atomic E-state index is 10.6. The molecule has 0 amide bonds. The van der Waals surface area contributed by atoms with Gasteiger partial charge in [0.25, 0.3) is 0 Å². The van der Waals surface area contributed by atoms with Gasteiger partial charge in [-0.25, -0.2) is 9.97 Å². The molecule has 0 atom stereocenters. The molecule has 0 aliphatic heterocycles. The highest BCUT2D eigenvalue weighted by Crippen LogP contribution is 2.11. The lowest BCUT2D eigenvalue weighted by atomic mass is 10.4. The number of aromatic nitrogens is 2. The quantitative estimate of drug-likeness (QED) is 0.644. The number of hydrogen-bond donors (Lipinski definition) is 1. The predicted molar refractivity (Wildman–Crippen MR) is 66.1 cm³/mol. The number of nitrogens with two attached hydrogens (primary N) is 1. The number of carbonyl (C=O) groups excluding carboxylic acids is 1. The smallest absolute Gasteiger partial charge is 0.185 e. The van der Waals surface area contributed by atoms with Crippen molar-refractivity contribution in [3.63, 3.8) is 0 Å². The van der Waals surface area contributed by atoms with Gasteiger partial charge in [-0.1, -0.05) is 29.3 Å². The third kappa shape index (κ3) is 4.51. The van der Waals surface area contributed by atoms with Gasteiger partial charge >= 0.3 is 0 Å². The Morgan fingerprint density at radius 2 is 2.44 bits per heavy atom. The van der Waals surface area contributed by atoms with Gasteiger partial charge in [-0.15, -0.1) is 0 Å². The molecule has 0 spiro atoms. The van der Waals surface area contributed by atoms with Crippen molar-refractivity contribution in [1.29, 1.82) is 0 Å². The Morgan fingerprint density at radius 1 is 1.69 bits per heavy atom. The first kappa shape index (κ1) is 12.8. The molecule has 1 aromatic heterocycles. The Morgan fingerprint density at radius 3 is 3.06 bits per heavy atom. The summed E-state index contributed by atoms with van der Waals surface area (Å²) in [5.74, 6) is 6.55. The average Bonchev–Trinajstić information content (AvgIpc) is 2.22. The molecule has 1 heterocycles. The Kier molecular flexibility index (Phi) is 5.09. The van der Waals surface area contributed by atoms with Gasteiger partial charge in [0.05, 0.1) is 6.20 Å². The van der Waals surface area contributed by atoms with E-state index in [4.69, 9.17) is 17.3 Å². The van der Waals surface area contributed by atoms with Crippen LogP contribution < -0.4 is 5.73 Å². The van der Waals surface area contributed by atoms with Crippen molar-refractivity contribution in [2.45, 2.75) is 13.3 Å². The van der Waals surface area contributed by atoms with Crippen LogP contribution in [0.2, 0.25) is 5.15 Å². The lowest BCUT2D eigenvalue weighted by Gasteiger charge is -1.94. The highest BCUT2D eigenvalue weighted by Gasteiger charge is 1.98. The first-order valence-corrected chi connectivity index (χ1v) is 5.86. The zero-order valence-electron chi connectivity index (χ0n) is 8.66. The zero-order valence-corrected chi connectivity index (χ0v) is 10.2. The average molecular weight is 256 g/mol. The molecule has 0 saturated heterocycles. The van der Waals surface area contributed by atoms with Crippen LogP contribution in [0.25, 0.3) is 0 Å². The van der Waals surface area contributed by atoms with Crippen LogP contribution in [0.4, 0.5) is 5.82 Å². The fourth-order valence-corrected chi connectivity index (χ4v) is 1.47. The molecule has 0 radical (unpaired) electrons. The van der Waals surface area contributed by atoms with Crippen molar-refractivity contribution < 1.29 is 4.79 Å². The van der Waals surface area contributed by atoms with Crippen LogP contribution in [0.3, 0.4) is 0 Å². The second-order valence-corrected chi connectivity index (χ2v) is 4.45. The minimum atomic E-state index is 0.0946. The topological polar surface area (TPSA) is 68.9 Å². The summed E-state index contributed by atoms with van der Waals surface area (Å²) < 4.78 is 0. The van der Waals surface area contributed by atoms with E-state index in [9.17, 15) is 4.79 Å². The summed E-state index contributed by atoms with van der Waals surface area (Å²) in [5, 5.41) is 0.252. The van der Waals surface area contributed by atoms with Crippen LogP contribution >= 0.6 is 23.4 Å². The largest absolute Gasteiger partial charge is 0.381 e. The van der Waals surface area contributed by atoms with Gasteiger partial charge in [0.1, 0.15) is 5.69 Å². The van der Waals surface area contributed by atoms with E-state index in [1.54, 1.807) is 0 Å². The molecule has 0 fully saturated rings. The molecule has 4 nitrogen and oxygen atoms in total. The Balaban J connectivity index is 2.50. The van der Waals surface area contributed by atoms with E-state index >= 15 is 0 Å². The number of carbonyl (C=O) groups is 1. The summed E-state index contributed by atoms with van der Waals surface area (Å²) in [5.41, 5.74) is 5.88. The molecule has 0 unspecified atom stereocenters. The van der Waals surface area contributed by atoms with Gasteiger partial charge in [0, 0.05) is 19.1 Å². The molecule has 1 aromatic rings. The summed E-state index contributed by atoms with van der Waals surface area (Å²) in [4.78, 5) is 18.4. The molecule has 0 bridgehead atoms. The van der Waals surface area contributed by atoms with E-state index in [-0.39, 0.29) is 16.1 Å². The van der Waals surface area contributed by atoms with Gasteiger partial charge in [0.15, 0.2) is 16.1 Å². The predicted octanol–water partition coefficient (Wildman–Crippen LogP) is 1.73. The van der Waals surface area contributed by atoms with Crippen molar-refractivity contribution in [3.8, 4) is 11.8 Å². The molecule has 84 valence electrons. The standard InChI is InChI=1S/C10H10ClN3OS/c1-7(15)16-5-3-2-4-8-6-13-10(12)9(11)14-8/h6H,3,5H2,1H3,(H2,12,13). The van der Waals surface area contributed by atoms with Crippen LogP contribution in [0.5, 0.6) is 0 Å². The highest BCUT2D eigenvalue weighted by molar-refractivity contribution is 8.13. The number of rotatable bonds is 2. The number of hydrogen-bond acceptors (Lipinski definition) is 5. The van der Waals surface area contributed by atoms with Crippen molar-refractivity contribution in [3.05, 3.63) is 17.0 Å². The van der Waals surface area contributed by atoms with Crippen LogP contribution in [0.1, 0.15) is 19.0 Å². The number of anilines is 1. The monoisotopic (exact) mass is 255 g/mol. The summed E-state index contributed by atoms with van der Waals surface area (Å²) in [6.07, 6.45) is 2.08. The molecule has 0 aliphatic rings. The van der Waals surface area contributed by atoms with E-state index in [0.29, 0.717) is 17.9 Å². The first-order chi connectivity index (χ1) is 7.59. The van der Waals surface area contributed by atoms with Gasteiger partial charge in [-0.05, 0) is 5.92 Å². The number of thioether (sulfide) groups is 1. The first-order valence-electron chi connectivity index (χ1n) is 4.50. The Bertz CT molecular complexity index is 453. The maximum atomic E-state index is 10.6. The summed E-state index contributed by atoms with van der Waals surface area (Å²) in [6, 6.07) is 0. The lowest BCUT2D eigenvalue weighted by Crippen LogP contribution is -1.95. The fraction of sp³-hybridized carbons (Fsp3) is 0.300. The van der Waals surface area contributed by atoms with Gasteiger partial charge in [-0.3, -0.25) is 4.79 Å². The van der Waals surface area contributed by atoms with Gasteiger partial charge in [0.2, 0.25) is 0 Å². The third-order valence-corrected chi connectivity index (χ3v) is 2.60. The second kappa shape index (κ2) is 6.36. The van der Waals surface area contributed by atoms with Crippen LogP contribution in [-0.2, 0) is 4.79 Å². The third-order valence-electron chi connectivity index (χ3n) is 1.50. The normalized spacial score (nSPS) is 9.38. The highest BCUT2D eigenvalue weighted by atomic mass is 35.5. The van der Waals surface area contributed by atoms with Gasteiger partial charge in [-0.2, -0.15) is 0 Å².